The average molecular weight is 345 g/mol. The van der Waals surface area contributed by atoms with E-state index in [9.17, 15) is 0 Å². The topological polar surface area (TPSA) is 24.3 Å². The second kappa shape index (κ2) is 8.15. The van der Waals surface area contributed by atoms with Crippen LogP contribution < -0.4 is 0 Å². The zero-order valence-corrected chi connectivity index (χ0v) is 15.4. The van der Waals surface area contributed by atoms with Gasteiger partial charge in [0.25, 0.3) is 0 Å². The van der Waals surface area contributed by atoms with Gasteiger partial charge in [-0.2, -0.15) is 5.10 Å². The van der Waals surface area contributed by atoms with Crippen LogP contribution in [0.3, 0.4) is 0 Å². The highest BCUT2D eigenvalue weighted by Crippen LogP contribution is 2.23. The van der Waals surface area contributed by atoms with Crippen LogP contribution in [0.4, 0.5) is 0 Å². The van der Waals surface area contributed by atoms with Crippen LogP contribution in [-0.2, 0) is 20.0 Å². The molecule has 4 nitrogen and oxygen atoms in total. The van der Waals surface area contributed by atoms with Crippen LogP contribution in [0.5, 0.6) is 0 Å². The minimum atomic E-state index is 0.676. The third kappa shape index (κ3) is 5.19. The minimum Gasteiger partial charge on any atom is -0.308 e. The molecular weight excluding hydrogens is 316 g/mol. The molecule has 0 aliphatic carbocycles. The van der Waals surface area contributed by atoms with E-state index in [4.69, 9.17) is 0 Å². The number of rotatable bonds is 8. The molecule has 0 aliphatic heterocycles. The lowest BCUT2D eigenvalue weighted by molar-refractivity contribution is 0.207. The van der Waals surface area contributed by atoms with E-state index in [1.165, 1.54) is 10.2 Å². The van der Waals surface area contributed by atoms with Gasteiger partial charge in [-0.1, -0.05) is 20.8 Å². The molecule has 0 aliphatic rings. The second-order valence-electron chi connectivity index (χ2n) is 6.12. The third-order valence-electron chi connectivity index (χ3n) is 3.36. The first-order valence-corrected chi connectivity index (χ1v) is 8.21. The van der Waals surface area contributed by atoms with Gasteiger partial charge >= 0.3 is 0 Å². The number of hydrogen-bond donors (Lipinski definition) is 0. The van der Waals surface area contributed by atoms with Crippen molar-refractivity contribution >= 4 is 15.9 Å². The molecule has 0 N–H and O–H groups in total. The van der Waals surface area contributed by atoms with Crippen LogP contribution >= 0.6 is 15.9 Å². The van der Waals surface area contributed by atoms with Crippen molar-refractivity contribution in [3.63, 3.8) is 0 Å². The maximum Gasteiger partial charge on any atom is 0.0767 e. The van der Waals surface area contributed by atoms with E-state index in [1.807, 2.05) is 11.7 Å². The lowest BCUT2D eigenvalue weighted by atomic mass is 10.2. The largest absolute Gasteiger partial charge is 0.308 e. The van der Waals surface area contributed by atoms with E-state index in [0.29, 0.717) is 5.92 Å². The smallest absolute Gasteiger partial charge is 0.0767 e. The fraction of sp³-hybridized carbons (Fsp3) is 0.800. The van der Waals surface area contributed by atoms with E-state index < -0.39 is 0 Å². The van der Waals surface area contributed by atoms with Gasteiger partial charge in [-0.15, -0.1) is 0 Å². The number of aryl methyl sites for hydroxylation is 2. The Balaban J connectivity index is 2.80. The molecule has 1 rings (SSSR count). The van der Waals surface area contributed by atoms with Gasteiger partial charge in [0, 0.05) is 33.2 Å². The van der Waals surface area contributed by atoms with Crippen LogP contribution in [0.25, 0.3) is 0 Å². The average Bonchev–Trinajstić information content (AvgIpc) is 2.62. The van der Waals surface area contributed by atoms with Crippen molar-refractivity contribution in [3.05, 3.63) is 15.9 Å². The monoisotopic (exact) mass is 344 g/mol. The molecule has 0 fully saturated rings. The minimum absolute atomic E-state index is 0.676. The quantitative estimate of drug-likeness (QED) is 0.724. The number of halogens is 1. The maximum atomic E-state index is 4.59. The van der Waals surface area contributed by atoms with Crippen LogP contribution in [0.1, 0.15) is 32.2 Å². The highest BCUT2D eigenvalue weighted by atomic mass is 79.9. The summed E-state index contributed by atoms with van der Waals surface area (Å²) >= 11 is 3.72. The van der Waals surface area contributed by atoms with Crippen LogP contribution in [0, 0.1) is 5.92 Å². The zero-order valence-electron chi connectivity index (χ0n) is 13.8. The number of aromatic nitrogens is 2. The van der Waals surface area contributed by atoms with Crippen molar-refractivity contribution in [1.29, 1.82) is 0 Å². The Labute approximate surface area is 132 Å². The molecule has 0 saturated heterocycles. The third-order valence-corrected chi connectivity index (χ3v) is 4.28. The summed E-state index contributed by atoms with van der Waals surface area (Å²) in [6.07, 6.45) is 0.969. The number of likely N-dealkylation sites (N-methyl/N-ethyl adjacent to an activating group) is 1. The summed E-state index contributed by atoms with van der Waals surface area (Å²) in [6.45, 7) is 10.9. The van der Waals surface area contributed by atoms with E-state index in [-0.39, 0.29) is 0 Å². The second-order valence-corrected chi connectivity index (χ2v) is 6.91. The Bertz CT molecular complexity index is 412. The highest BCUT2D eigenvalue weighted by Gasteiger charge is 2.16. The SMILES string of the molecule is CCc1nn(C)c(CN(CCN(C)C)CC(C)C)c1Br. The summed E-state index contributed by atoms with van der Waals surface area (Å²) in [5.74, 6) is 0.676. The molecule has 0 amide bonds. The predicted molar refractivity (Wildman–Crippen MR) is 89.0 cm³/mol. The first-order valence-electron chi connectivity index (χ1n) is 7.42. The molecular formula is C15H29BrN4. The fourth-order valence-electron chi connectivity index (χ4n) is 2.30. The Morgan fingerprint density at radius 1 is 1.25 bits per heavy atom. The van der Waals surface area contributed by atoms with E-state index in [1.54, 1.807) is 0 Å². The summed E-state index contributed by atoms with van der Waals surface area (Å²) in [4.78, 5) is 4.76. The Hall–Kier alpha value is -0.390. The van der Waals surface area contributed by atoms with Crippen LogP contribution in [0.2, 0.25) is 0 Å². The van der Waals surface area contributed by atoms with Gasteiger partial charge in [0.05, 0.1) is 15.9 Å². The number of hydrogen-bond acceptors (Lipinski definition) is 3. The van der Waals surface area contributed by atoms with Gasteiger partial charge in [-0.3, -0.25) is 9.58 Å². The molecule has 0 spiro atoms. The van der Waals surface area contributed by atoms with Crippen molar-refractivity contribution in [1.82, 2.24) is 19.6 Å². The molecule has 0 atom stereocenters. The molecule has 1 heterocycles. The molecule has 1 aromatic heterocycles. The van der Waals surface area contributed by atoms with Gasteiger partial charge in [-0.25, -0.2) is 0 Å². The molecule has 1 aromatic rings. The highest BCUT2D eigenvalue weighted by molar-refractivity contribution is 9.10. The van der Waals surface area contributed by atoms with Gasteiger partial charge < -0.3 is 4.90 Å². The molecule has 0 unspecified atom stereocenters. The summed E-state index contributed by atoms with van der Waals surface area (Å²) in [5.41, 5.74) is 2.43. The van der Waals surface area contributed by atoms with Crippen molar-refractivity contribution in [2.45, 2.75) is 33.7 Å². The van der Waals surface area contributed by atoms with Crippen molar-refractivity contribution in [2.75, 3.05) is 33.7 Å². The Morgan fingerprint density at radius 3 is 2.35 bits per heavy atom. The van der Waals surface area contributed by atoms with Crippen molar-refractivity contribution < 1.29 is 0 Å². The molecule has 0 radical (unpaired) electrons. The van der Waals surface area contributed by atoms with Crippen molar-refractivity contribution in [3.8, 4) is 0 Å². The summed E-state index contributed by atoms with van der Waals surface area (Å²) in [6, 6.07) is 0. The normalized spacial score (nSPS) is 12.1. The van der Waals surface area contributed by atoms with Gasteiger partial charge in [0.2, 0.25) is 0 Å². The molecule has 0 saturated carbocycles. The summed E-state index contributed by atoms with van der Waals surface area (Å²) < 4.78 is 3.20. The zero-order chi connectivity index (χ0) is 15.3. The molecule has 20 heavy (non-hydrogen) atoms. The first kappa shape index (κ1) is 17.7. The molecule has 0 aromatic carbocycles. The van der Waals surface area contributed by atoms with Gasteiger partial charge in [0.15, 0.2) is 0 Å². The Morgan fingerprint density at radius 2 is 1.90 bits per heavy atom. The Kier molecular flexibility index (Phi) is 7.20. The van der Waals surface area contributed by atoms with Gasteiger partial charge in [-0.05, 0) is 42.4 Å². The van der Waals surface area contributed by atoms with Crippen LogP contribution in [-0.4, -0.2) is 53.3 Å². The van der Waals surface area contributed by atoms with E-state index >= 15 is 0 Å². The molecule has 116 valence electrons. The van der Waals surface area contributed by atoms with Crippen molar-refractivity contribution in [2.24, 2.45) is 13.0 Å². The van der Waals surface area contributed by atoms with E-state index in [0.717, 1.165) is 38.3 Å². The first-order chi connectivity index (χ1) is 9.35. The predicted octanol–water partition coefficient (Wildman–Crippen LogP) is 2.76. The van der Waals surface area contributed by atoms with Crippen LogP contribution in [0.15, 0.2) is 4.47 Å². The lowest BCUT2D eigenvalue weighted by Gasteiger charge is -2.26. The fourth-order valence-corrected chi connectivity index (χ4v) is 3.04. The molecule has 5 heteroatoms. The molecule has 0 bridgehead atoms. The van der Waals surface area contributed by atoms with Gasteiger partial charge in [0.1, 0.15) is 0 Å². The summed E-state index contributed by atoms with van der Waals surface area (Å²) in [5, 5.41) is 4.59. The van der Waals surface area contributed by atoms with E-state index in [2.05, 4.69) is 65.7 Å². The maximum absolute atomic E-state index is 4.59. The standard InChI is InChI=1S/C15H29BrN4/c1-7-13-15(16)14(19(6)17-13)11-20(10-12(2)3)9-8-18(4)5/h12H,7-11H2,1-6H3. The summed E-state index contributed by atoms with van der Waals surface area (Å²) in [7, 11) is 6.30. The number of nitrogens with zero attached hydrogens (tertiary/aromatic N) is 4. The lowest BCUT2D eigenvalue weighted by Crippen LogP contribution is -2.34.